The zero-order chi connectivity index (χ0) is 14.4. The average Bonchev–Trinajstić information content (AvgIpc) is 2.49. The predicted molar refractivity (Wildman–Crippen MR) is 82.3 cm³/mol. The molecule has 3 nitrogen and oxygen atoms in total. The summed E-state index contributed by atoms with van der Waals surface area (Å²) in [6.07, 6.45) is 3.51. The number of ether oxygens (including phenoxy) is 2. The molecule has 0 radical (unpaired) electrons. The van der Waals surface area contributed by atoms with E-state index in [0.717, 1.165) is 38.3 Å². The Morgan fingerprint density at radius 1 is 1.45 bits per heavy atom. The first-order valence-corrected chi connectivity index (χ1v) is 7.72. The molecular formula is C17H27NO2. The lowest BCUT2D eigenvalue weighted by Gasteiger charge is -2.32. The van der Waals surface area contributed by atoms with Crippen molar-refractivity contribution < 1.29 is 9.47 Å². The minimum absolute atomic E-state index is 0.324. The molecule has 0 bridgehead atoms. The molecule has 2 unspecified atom stereocenters. The van der Waals surface area contributed by atoms with Crippen molar-refractivity contribution in [1.82, 2.24) is 5.32 Å². The molecule has 3 heteroatoms. The normalized spacial score (nSPS) is 20.6. The molecule has 1 aromatic rings. The van der Waals surface area contributed by atoms with Crippen LogP contribution in [-0.2, 0) is 4.74 Å². The topological polar surface area (TPSA) is 30.5 Å². The second-order valence-electron chi connectivity index (χ2n) is 5.65. The number of hydrogen-bond donors (Lipinski definition) is 1. The summed E-state index contributed by atoms with van der Waals surface area (Å²) < 4.78 is 11.3. The van der Waals surface area contributed by atoms with Gasteiger partial charge < -0.3 is 14.8 Å². The number of benzene rings is 1. The van der Waals surface area contributed by atoms with E-state index >= 15 is 0 Å². The summed E-state index contributed by atoms with van der Waals surface area (Å²) in [5.74, 6) is 1.51. The van der Waals surface area contributed by atoms with Crippen molar-refractivity contribution in [3.8, 4) is 5.75 Å². The van der Waals surface area contributed by atoms with Crippen molar-refractivity contribution in [3.05, 3.63) is 29.3 Å². The van der Waals surface area contributed by atoms with Crippen LogP contribution in [0.1, 0.15) is 43.4 Å². The minimum atomic E-state index is 0.324. The standard InChI is InChI=1S/C17H27NO2/c1-4-9-18-17(14-6-5-10-20-12-14)15-11-13(2)7-8-16(15)19-3/h7-8,11,14,17-18H,4-6,9-10,12H2,1-3H3. The van der Waals surface area contributed by atoms with Gasteiger partial charge in [-0.2, -0.15) is 0 Å². The maximum absolute atomic E-state index is 5.69. The maximum Gasteiger partial charge on any atom is 0.123 e. The lowest BCUT2D eigenvalue weighted by Crippen LogP contribution is -2.34. The molecule has 1 fully saturated rings. The fraction of sp³-hybridized carbons (Fsp3) is 0.647. The van der Waals surface area contributed by atoms with E-state index in [9.17, 15) is 0 Å². The van der Waals surface area contributed by atoms with Crippen LogP contribution in [0, 0.1) is 12.8 Å². The summed E-state index contributed by atoms with van der Waals surface area (Å²) in [7, 11) is 1.75. The Hall–Kier alpha value is -1.06. The quantitative estimate of drug-likeness (QED) is 0.863. The highest BCUT2D eigenvalue weighted by atomic mass is 16.5. The SMILES string of the molecule is CCCNC(c1cc(C)ccc1OC)C1CCCOC1. The largest absolute Gasteiger partial charge is 0.496 e. The van der Waals surface area contributed by atoms with Crippen molar-refractivity contribution in [3.63, 3.8) is 0 Å². The van der Waals surface area contributed by atoms with Gasteiger partial charge in [-0.3, -0.25) is 0 Å². The molecule has 1 aromatic carbocycles. The van der Waals surface area contributed by atoms with Gasteiger partial charge in [-0.1, -0.05) is 24.6 Å². The molecule has 0 aliphatic carbocycles. The molecule has 1 saturated heterocycles. The van der Waals surface area contributed by atoms with E-state index in [4.69, 9.17) is 9.47 Å². The summed E-state index contributed by atoms with van der Waals surface area (Å²) in [4.78, 5) is 0. The van der Waals surface area contributed by atoms with Crippen LogP contribution in [0.25, 0.3) is 0 Å². The summed E-state index contributed by atoms with van der Waals surface area (Å²) in [5.41, 5.74) is 2.55. The van der Waals surface area contributed by atoms with E-state index in [1.54, 1.807) is 7.11 Å². The molecule has 1 N–H and O–H groups in total. The monoisotopic (exact) mass is 277 g/mol. The Morgan fingerprint density at radius 3 is 2.95 bits per heavy atom. The number of rotatable bonds is 6. The molecule has 0 saturated carbocycles. The lowest BCUT2D eigenvalue weighted by molar-refractivity contribution is 0.0387. The molecule has 20 heavy (non-hydrogen) atoms. The van der Waals surface area contributed by atoms with Gasteiger partial charge in [-0.25, -0.2) is 0 Å². The van der Waals surface area contributed by atoms with E-state index in [1.807, 2.05) is 0 Å². The Bertz CT molecular complexity index is 413. The van der Waals surface area contributed by atoms with E-state index < -0.39 is 0 Å². The van der Waals surface area contributed by atoms with Gasteiger partial charge in [0, 0.05) is 24.1 Å². The van der Waals surface area contributed by atoms with Crippen LogP contribution in [0.2, 0.25) is 0 Å². The Morgan fingerprint density at radius 2 is 2.30 bits per heavy atom. The molecule has 1 aliphatic rings. The van der Waals surface area contributed by atoms with Crippen molar-refractivity contribution in [2.24, 2.45) is 5.92 Å². The van der Waals surface area contributed by atoms with Gasteiger partial charge in [0.15, 0.2) is 0 Å². The molecular weight excluding hydrogens is 250 g/mol. The third-order valence-electron chi connectivity index (χ3n) is 4.00. The van der Waals surface area contributed by atoms with Gasteiger partial charge in [0.1, 0.15) is 5.75 Å². The first-order valence-electron chi connectivity index (χ1n) is 7.72. The molecule has 1 heterocycles. The van der Waals surface area contributed by atoms with E-state index in [0.29, 0.717) is 12.0 Å². The van der Waals surface area contributed by atoms with Crippen molar-refractivity contribution in [2.45, 2.75) is 39.2 Å². The first-order chi connectivity index (χ1) is 9.76. The van der Waals surface area contributed by atoms with Crippen LogP contribution in [0.3, 0.4) is 0 Å². The van der Waals surface area contributed by atoms with E-state index in [2.05, 4.69) is 37.4 Å². The Balaban J connectivity index is 2.26. The highest BCUT2D eigenvalue weighted by Crippen LogP contribution is 2.34. The van der Waals surface area contributed by atoms with E-state index in [1.165, 1.54) is 17.5 Å². The van der Waals surface area contributed by atoms with Gasteiger partial charge in [-0.05, 0) is 38.8 Å². The molecule has 2 atom stereocenters. The summed E-state index contributed by atoms with van der Waals surface area (Å²) in [5, 5.41) is 3.70. The predicted octanol–water partition coefficient (Wildman–Crippen LogP) is 3.47. The van der Waals surface area contributed by atoms with Crippen LogP contribution in [0.15, 0.2) is 18.2 Å². The summed E-state index contributed by atoms with van der Waals surface area (Å²) in [6.45, 7) is 7.12. The van der Waals surface area contributed by atoms with Gasteiger partial charge in [0.2, 0.25) is 0 Å². The zero-order valence-electron chi connectivity index (χ0n) is 12.9. The number of aryl methyl sites for hydroxylation is 1. The zero-order valence-corrected chi connectivity index (χ0v) is 12.9. The van der Waals surface area contributed by atoms with Crippen LogP contribution >= 0.6 is 0 Å². The number of hydrogen-bond acceptors (Lipinski definition) is 3. The fourth-order valence-corrected chi connectivity index (χ4v) is 2.96. The lowest BCUT2D eigenvalue weighted by atomic mass is 9.87. The average molecular weight is 277 g/mol. The first kappa shape index (κ1) is 15.3. The van der Waals surface area contributed by atoms with Gasteiger partial charge in [0.05, 0.1) is 13.7 Å². The smallest absolute Gasteiger partial charge is 0.123 e. The molecule has 0 aromatic heterocycles. The van der Waals surface area contributed by atoms with Crippen molar-refractivity contribution >= 4 is 0 Å². The van der Waals surface area contributed by atoms with Crippen LogP contribution in [0.4, 0.5) is 0 Å². The second kappa shape index (κ2) is 7.65. The fourth-order valence-electron chi connectivity index (χ4n) is 2.96. The summed E-state index contributed by atoms with van der Waals surface area (Å²) in [6, 6.07) is 6.76. The van der Waals surface area contributed by atoms with Crippen LogP contribution in [-0.4, -0.2) is 26.9 Å². The number of nitrogens with one attached hydrogen (secondary N) is 1. The minimum Gasteiger partial charge on any atom is -0.496 e. The Kier molecular flexibility index (Phi) is 5.86. The number of methoxy groups -OCH3 is 1. The van der Waals surface area contributed by atoms with Gasteiger partial charge in [0.25, 0.3) is 0 Å². The highest BCUT2D eigenvalue weighted by Gasteiger charge is 2.27. The molecule has 2 rings (SSSR count). The maximum atomic E-state index is 5.69. The second-order valence-corrected chi connectivity index (χ2v) is 5.65. The van der Waals surface area contributed by atoms with Gasteiger partial charge >= 0.3 is 0 Å². The Labute approximate surface area is 122 Å². The van der Waals surface area contributed by atoms with Crippen molar-refractivity contribution in [1.29, 1.82) is 0 Å². The summed E-state index contributed by atoms with van der Waals surface area (Å²) >= 11 is 0. The molecule has 1 aliphatic heterocycles. The molecule has 0 amide bonds. The van der Waals surface area contributed by atoms with Crippen molar-refractivity contribution in [2.75, 3.05) is 26.9 Å². The van der Waals surface area contributed by atoms with Crippen LogP contribution in [0.5, 0.6) is 5.75 Å². The third-order valence-corrected chi connectivity index (χ3v) is 4.00. The van der Waals surface area contributed by atoms with Crippen LogP contribution < -0.4 is 10.1 Å². The van der Waals surface area contributed by atoms with E-state index in [-0.39, 0.29) is 0 Å². The molecule has 112 valence electrons. The highest BCUT2D eigenvalue weighted by molar-refractivity contribution is 5.39. The molecule has 0 spiro atoms. The third kappa shape index (κ3) is 3.74. The van der Waals surface area contributed by atoms with Gasteiger partial charge in [-0.15, -0.1) is 0 Å².